The van der Waals surface area contributed by atoms with Crippen LogP contribution >= 0.6 is 31.9 Å². The molecule has 5 heteroatoms. The van der Waals surface area contributed by atoms with Crippen LogP contribution in [-0.2, 0) is 4.79 Å². The summed E-state index contributed by atoms with van der Waals surface area (Å²) in [7, 11) is 0. The van der Waals surface area contributed by atoms with Gasteiger partial charge >= 0.3 is 0 Å². The van der Waals surface area contributed by atoms with E-state index in [1.807, 2.05) is 0 Å². The first-order valence-electron chi connectivity index (χ1n) is 3.00. The number of rotatable bonds is 2. The van der Waals surface area contributed by atoms with Gasteiger partial charge in [0.1, 0.15) is 0 Å². The molecule has 12 heavy (non-hydrogen) atoms. The maximum Gasteiger partial charge on any atom is 0.211 e. The average molecular weight is 297 g/mol. The van der Waals surface area contributed by atoms with Crippen molar-refractivity contribution < 1.29 is 9.18 Å². The Bertz CT molecular complexity index is 317. The first-order valence-corrected chi connectivity index (χ1v) is 4.59. The lowest BCUT2D eigenvalue weighted by molar-refractivity contribution is -0.105. The van der Waals surface area contributed by atoms with E-state index in [9.17, 15) is 9.18 Å². The van der Waals surface area contributed by atoms with Crippen LogP contribution in [0.4, 0.5) is 10.1 Å². The smallest absolute Gasteiger partial charge is 0.211 e. The summed E-state index contributed by atoms with van der Waals surface area (Å²) in [5.74, 6) is -0.489. The molecule has 1 amide bonds. The summed E-state index contributed by atoms with van der Waals surface area (Å²) in [6, 6.07) is 3.11. The van der Waals surface area contributed by atoms with E-state index in [0.717, 1.165) is 0 Å². The van der Waals surface area contributed by atoms with Crippen molar-refractivity contribution >= 4 is 44.0 Å². The van der Waals surface area contributed by atoms with Gasteiger partial charge in [-0.2, -0.15) is 0 Å². The summed E-state index contributed by atoms with van der Waals surface area (Å²) in [4.78, 5) is 10.0. The minimum absolute atomic E-state index is 0.153. The molecular weight excluding hydrogens is 293 g/mol. The number of carbonyl (C=O) groups is 1. The zero-order valence-electron chi connectivity index (χ0n) is 5.77. The molecule has 2 nitrogen and oxygen atoms in total. The standard InChI is InChI=1S/C7H4Br2FNO/c8-4-1-2-5(11-3-12)7(10)6(4)9/h1-3H,(H,11,12). The number of hydrogen-bond acceptors (Lipinski definition) is 1. The van der Waals surface area contributed by atoms with Gasteiger partial charge in [0.2, 0.25) is 6.41 Å². The van der Waals surface area contributed by atoms with Crippen LogP contribution in [0, 0.1) is 5.82 Å². The van der Waals surface area contributed by atoms with Crippen LogP contribution in [0.25, 0.3) is 0 Å². The third-order valence-electron chi connectivity index (χ3n) is 1.25. The summed E-state index contributed by atoms with van der Waals surface area (Å²) in [5, 5.41) is 2.24. The molecule has 0 heterocycles. The molecule has 0 aliphatic carbocycles. The molecule has 0 bridgehead atoms. The molecule has 1 aromatic rings. The van der Waals surface area contributed by atoms with Gasteiger partial charge in [-0.1, -0.05) is 0 Å². The number of nitrogens with one attached hydrogen (secondary N) is 1. The Kier molecular flexibility index (Phi) is 3.22. The van der Waals surface area contributed by atoms with Crippen molar-refractivity contribution in [1.29, 1.82) is 0 Å². The van der Waals surface area contributed by atoms with Crippen molar-refractivity contribution in [3.05, 3.63) is 26.9 Å². The van der Waals surface area contributed by atoms with Gasteiger partial charge in [-0.05, 0) is 44.0 Å². The van der Waals surface area contributed by atoms with E-state index in [-0.39, 0.29) is 5.69 Å². The van der Waals surface area contributed by atoms with Crippen molar-refractivity contribution in [1.82, 2.24) is 0 Å². The third-order valence-corrected chi connectivity index (χ3v) is 3.22. The second-order valence-corrected chi connectivity index (χ2v) is 3.63. The van der Waals surface area contributed by atoms with Crippen LogP contribution < -0.4 is 5.32 Å². The van der Waals surface area contributed by atoms with E-state index < -0.39 is 5.82 Å². The lowest BCUT2D eigenvalue weighted by atomic mass is 10.3. The lowest BCUT2D eigenvalue weighted by Crippen LogP contribution is -1.97. The second kappa shape index (κ2) is 4.00. The highest BCUT2D eigenvalue weighted by molar-refractivity contribution is 9.13. The van der Waals surface area contributed by atoms with E-state index in [0.29, 0.717) is 15.4 Å². The highest BCUT2D eigenvalue weighted by Gasteiger charge is 2.08. The van der Waals surface area contributed by atoms with E-state index in [4.69, 9.17) is 0 Å². The van der Waals surface area contributed by atoms with E-state index in [2.05, 4.69) is 37.2 Å². The van der Waals surface area contributed by atoms with Crippen LogP contribution in [0.1, 0.15) is 0 Å². The van der Waals surface area contributed by atoms with Crippen molar-refractivity contribution in [3.63, 3.8) is 0 Å². The molecule has 1 N–H and O–H groups in total. The molecule has 64 valence electrons. The van der Waals surface area contributed by atoms with Crippen molar-refractivity contribution in [2.45, 2.75) is 0 Å². The molecule has 0 aromatic heterocycles. The van der Waals surface area contributed by atoms with Crippen LogP contribution in [0.5, 0.6) is 0 Å². The zero-order chi connectivity index (χ0) is 9.14. The first-order chi connectivity index (χ1) is 5.66. The molecule has 0 saturated heterocycles. The normalized spacial score (nSPS) is 9.58. The Morgan fingerprint density at radius 1 is 1.42 bits per heavy atom. The molecule has 0 spiro atoms. The molecule has 0 aliphatic rings. The van der Waals surface area contributed by atoms with Crippen LogP contribution in [0.3, 0.4) is 0 Å². The topological polar surface area (TPSA) is 29.1 Å². The molecule has 0 aliphatic heterocycles. The van der Waals surface area contributed by atoms with Crippen molar-refractivity contribution in [2.24, 2.45) is 0 Å². The molecule has 1 rings (SSSR count). The predicted molar refractivity (Wildman–Crippen MR) is 51.5 cm³/mol. The predicted octanol–water partition coefficient (Wildman–Crippen LogP) is 2.92. The van der Waals surface area contributed by atoms with E-state index in [1.54, 1.807) is 6.07 Å². The van der Waals surface area contributed by atoms with E-state index >= 15 is 0 Å². The van der Waals surface area contributed by atoms with Crippen LogP contribution in [0.15, 0.2) is 21.1 Å². The van der Waals surface area contributed by atoms with Gasteiger partial charge in [0.25, 0.3) is 0 Å². The minimum atomic E-state index is -0.489. The largest absolute Gasteiger partial charge is 0.326 e. The molecule has 0 unspecified atom stereocenters. The van der Waals surface area contributed by atoms with Gasteiger partial charge in [-0.3, -0.25) is 4.79 Å². The maximum atomic E-state index is 13.2. The maximum absolute atomic E-state index is 13.2. The van der Waals surface area contributed by atoms with Gasteiger partial charge in [0.15, 0.2) is 5.82 Å². The Morgan fingerprint density at radius 2 is 2.08 bits per heavy atom. The average Bonchev–Trinajstić information content (AvgIpc) is 2.07. The minimum Gasteiger partial charge on any atom is -0.326 e. The van der Waals surface area contributed by atoms with Crippen LogP contribution in [0.2, 0.25) is 0 Å². The highest BCUT2D eigenvalue weighted by Crippen LogP contribution is 2.30. The Morgan fingerprint density at radius 3 is 2.67 bits per heavy atom. The second-order valence-electron chi connectivity index (χ2n) is 1.99. The van der Waals surface area contributed by atoms with Crippen molar-refractivity contribution in [2.75, 3.05) is 5.32 Å². The molecular formula is C7H4Br2FNO. The first kappa shape index (κ1) is 9.67. The summed E-state index contributed by atoms with van der Waals surface area (Å²) >= 11 is 6.15. The summed E-state index contributed by atoms with van der Waals surface area (Å²) in [6.07, 6.45) is 0.429. The van der Waals surface area contributed by atoms with E-state index in [1.165, 1.54) is 6.07 Å². The van der Waals surface area contributed by atoms with Gasteiger partial charge in [0, 0.05) is 4.47 Å². The van der Waals surface area contributed by atoms with Gasteiger partial charge < -0.3 is 5.32 Å². The highest BCUT2D eigenvalue weighted by atomic mass is 79.9. The number of halogens is 3. The number of benzene rings is 1. The Labute approximate surface area is 85.4 Å². The molecule has 0 fully saturated rings. The third kappa shape index (κ3) is 1.84. The molecule has 0 saturated carbocycles. The molecule has 1 aromatic carbocycles. The Hall–Kier alpha value is -0.420. The summed E-state index contributed by atoms with van der Waals surface area (Å²) in [5.41, 5.74) is 0.153. The van der Waals surface area contributed by atoms with Gasteiger partial charge in [-0.25, -0.2) is 4.39 Å². The molecule has 0 atom stereocenters. The summed E-state index contributed by atoms with van der Waals surface area (Å²) < 4.78 is 14.1. The van der Waals surface area contributed by atoms with Crippen LogP contribution in [-0.4, -0.2) is 6.41 Å². The molecule has 0 radical (unpaired) electrons. The number of carbonyl (C=O) groups excluding carboxylic acids is 1. The fourth-order valence-electron chi connectivity index (χ4n) is 0.701. The number of hydrogen-bond donors (Lipinski definition) is 1. The van der Waals surface area contributed by atoms with Crippen molar-refractivity contribution in [3.8, 4) is 0 Å². The van der Waals surface area contributed by atoms with Gasteiger partial charge in [-0.15, -0.1) is 0 Å². The fraction of sp³-hybridized carbons (Fsp3) is 0. The number of amides is 1. The number of anilines is 1. The monoisotopic (exact) mass is 295 g/mol. The SMILES string of the molecule is O=CNc1ccc(Br)c(Br)c1F. The quantitative estimate of drug-likeness (QED) is 0.660. The zero-order valence-corrected chi connectivity index (χ0v) is 8.95. The lowest BCUT2D eigenvalue weighted by Gasteiger charge is -2.03. The van der Waals surface area contributed by atoms with Gasteiger partial charge in [0.05, 0.1) is 10.2 Å². The summed E-state index contributed by atoms with van der Waals surface area (Å²) in [6.45, 7) is 0. The fourth-order valence-corrected chi connectivity index (χ4v) is 1.35. The Balaban J connectivity index is 3.16.